The molecular formula is C12H10Cl2N4O4. The Hall–Kier alpha value is -2.32. The second kappa shape index (κ2) is 8.85. The van der Waals surface area contributed by atoms with Gasteiger partial charge in [-0.3, -0.25) is 0 Å². The highest BCUT2D eigenvalue weighted by atomic mass is 35.5. The van der Waals surface area contributed by atoms with Crippen molar-refractivity contribution in [1.29, 1.82) is 0 Å². The average Bonchev–Trinajstić information content (AvgIpc) is 2.53. The van der Waals surface area contributed by atoms with Crippen molar-refractivity contribution in [3.8, 4) is 0 Å². The van der Waals surface area contributed by atoms with Gasteiger partial charge in [-0.1, -0.05) is 11.6 Å². The van der Waals surface area contributed by atoms with E-state index < -0.39 is 11.9 Å². The van der Waals surface area contributed by atoms with E-state index in [0.717, 1.165) is 0 Å². The molecule has 0 aliphatic heterocycles. The zero-order chi connectivity index (χ0) is 16.5. The van der Waals surface area contributed by atoms with Gasteiger partial charge in [0.15, 0.2) is 11.4 Å². The van der Waals surface area contributed by atoms with Crippen LogP contribution in [-0.2, 0) is 9.47 Å². The van der Waals surface area contributed by atoms with E-state index in [9.17, 15) is 9.59 Å². The summed E-state index contributed by atoms with van der Waals surface area (Å²) in [5.74, 6) is -1.04. The van der Waals surface area contributed by atoms with Gasteiger partial charge in [0.05, 0.1) is 14.2 Å². The number of rotatable bonds is 2. The third-order valence-corrected chi connectivity index (χ3v) is 2.40. The van der Waals surface area contributed by atoms with Crippen molar-refractivity contribution >= 4 is 35.1 Å². The fourth-order valence-electron chi connectivity index (χ4n) is 1.12. The predicted octanol–water partition coefficient (Wildman–Crippen LogP) is 1.83. The number of hydrogen-bond donors (Lipinski definition) is 0. The first-order chi connectivity index (χ1) is 10.5. The second-order valence-electron chi connectivity index (χ2n) is 3.42. The summed E-state index contributed by atoms with van der Waals surface area (Å²) in [6.45, 7) is 0. The average molecular weight is 345 g/mol. The minimum Gasteiger partial charge on any atom is -0.464 e. The van der Waals surface area contributed by atoms with E-state index >= 15 is 0 Å². The monoisotopic (exact) mass is 344 g/mol. The Labute approximate surface area is 135 Å². The van der Waals surface area contributed by atoms with Gasteiger partial charge in [0.2, 0.25) is 5.28 Å². The molecule has 2 heterocycles. The zero-order valence-corrected chi connectivity index (χ0v) is 13.0. The van der Waals surface area contributed by atoms with Crippen molar-refractivity contribution in [2.24, 2.45) is 0 Å². The van der Waals surface area contributed by atoms with Crippen molar-refractivity contribution in [2.75, 3.05) is 14.2 Å². The molecule has 0 aromatic carbocycles. The zero-order valence-electron chi connectivity index (χ0n) is 11.5. The Kier molecular flexibility index (Phi) is 7.14. The molecule has 0 spiro atoms. The topological polar surface area (TPSA) is 104 Å². The van der Waals surface area contributed by atoms with Gasteiger partial charge in [-0.2, -0.15) is 0 Å². The first-order valence-electron chi connectivity index (χ1n) is 5.60. The number of aromatic nitrogens is 4. The highest BCUT2D eigenvalue weighted by Crippen LogP contribution is 2.10. The molecular weight excluding hydrogens is 335 g/mol. The molecule has 2 aromatic rings. The summed E-state index contributed by atoms with van der Waals surface area (Å²) in [5, 5.41) is 0.0262. The molecule has 0 bridgehead atoms. The van der Waals surface area contributed by atoms with Crippen LogP contribution < -0.4 is 0 Å². The smallest absolute Gasteiger partial charge is 0.356 e. The molecule has 116 valence electrons. The van der Waals surface area contributed by atoms with E-state index in [1.807, 2.05) is 0 Å². The van der Waals surface area contributed by atoms with Crippen LogP contribution in [0.15, 0.2) is 24.7 Å². The summed E-state index contributed by atoms with van der Waals surface area (Å²) in [5.41, 5.74) is 0.319. The van der Waals surface area contributed by atoms with E-state index in [-0.39, 0.29) is 21.8 Å². The Morgan fingerprint density at radius 1 is 1.05 bits per heavy atom. The van der Waals surface area contributed by atoms with Gasteiger partial charge >= 0.3 is 11.9 Å². The lowest BCUT2D eigenvalue weighted by molar-refractivity contribution is 0.0585. The van der Waals surface area contributed by atoms with E-state index in [4.69, 9.17) is 23.2 Å². The summed E-state index contributed by atoms with van der Waals surface area (Å²) >= 11 is 10.9. The minimum atomic E-state index is -0.596. The normalized spacial score (nSPS) is 9.27. The van der Waals surface area contributed by atoms with E-state index in [1.54, 1.807) is 0 Å². The van der Waals surface area contributed by atoms with E-state index in [1.165, 1.54) is 38.9 Å². The molecule has 2 aromatic heterocycles. The lowest BCUT2D eigenvalue weighted by atomic mass is 10.4. The van der Waals surface area contributed by atoms with Gasteiger partial charge in [0, 0.05) is 12.3 Å². The molecule has 0 amide bonds. The minimum absolute atomic E-state index is 0.0440. The number of hydrogen-bond acceptors (Lipinski definition) is 8. The van der Waals surface area contributed by atoms with Crippen LogP contribution in [0.1, 0.15) is 21.0 Å². The molecule has 0 fully saturated rings. The highest BCUT2D eigenvalue weighted by Gasteiger charge is 2.09. The van der Waals surface area contributed by atoms with Crippen molar-refractivity contribution < 1.29 is 19.1 Å². The Balaban J connectivity index is 0.000000224. The Morgan fingerprint density at radius 3 is 2.18 bits per heavy atom. The maximum Gasteiger partial charge on any atom is 0.356 e. The van der Waals surface area contributed by atoms with Crippen LogP contribution in [0.2, 0.25) is 10.4 Å². The molecule has 2 rings (SSSR count). The predicted molar refractivity (Wildman–Crippen MR) is 76.8 cm³/mol. The molecule has 0 atom stereocenters. The number of carbonyl (C=O) groups is 2. The first kappa shape index (κ1) is 17.7. The maximum atomic E-state index is 10.9. The van der Waals surface area contributed by atoms with Gasteiger partial charge in [-0.25, -0.2) is 29.5 Å². The first-order valence-corrected chi connectivity index (χ1v) is 6.36. The van der Waals surface area contributed by atoms with E-state index in [0.29, 0.717) is 0 Å². The molecule has 0 aliphatic rings. The molecule has 0 saturated carbocycles. The highest BCUT2D eigenvalue weighted by molar-refractivity contribution is 6.32. The van der Waals surface area contributed by atoms with Gasteiger partial charge < -0.3 is 9.47 Å². The van der Waals surface area contributed by atoms with Crippen LogP contribution in [0, 0.1) is 0 Å². The molecule has 22 heavy (non-hydrogen) atoms. The van der Waals surface area contributed by atoms with E-state index in [2.05, 4.69) is 29.4 Å². The number of nitrogens with zero attached hydrogens (tertiary/aromatic N) is 4. The fraction of sp³-hybridized carbons (Fsp3) is 0.167. The van der Waals surface area contributed by atoms with Gasteiger partial charge in [-0.05, 0) is 17.7 Å². The lowest BCUT2D eigenvalue weighted by Gasteiger charge is -1.98. The quantitative estimate of drug-likeness (QED) is 0.461. The van der Waals surface area contributed by atoms with Crippen LogP contribution in [-0.4, -0.2) is 46.1 Å². The van der Waals surface area contributed by atoms with Crippen molar-refractivity contribution in [2.45, 2.75) is 0 Å². The van der Waals surface area contributed by atoms with Crippen LogP contribution in [0.3, 0.4) is 0 Å². The van der Waals surface area contributed by atoms with Crippen LogP contribution >= 0.6 is 23.2 Å². The van der Waals surface area contributed by atoms with Crippen molar-refractivity contribution in [3.05, 3.63) is 46.5 Å². The number of halogens is 2. The fourth-order valence-corrected chi connectivity index (χ4v) is 1.52. The van der Waals surface area contributed by atoms with Gasteiger partial charge in [-0.15, -0.1) is 0 Å². The molecule has 0 aliphatic carbocycles. The van der Waals surface area contributed by atoms with Crippen LogP contribution in [0.25, 0.3) is 0 Å². The summed E-state index contributed by atoms with van der Waals surface area (Å²) in [4.78, 5) is 36.1. The molecule has 0 unspecified atom stereocenters. The SMILES string of the molecule is COC(=O)c1cc(Cl)nc(Cl)n1.COC(=O)c1ccncn1. The van der Waals surface area contributed by atoms with Gasteiger partial charge in [0.25, 0.3) is 0 Å². The van der Waals surface area contributed by atoms with Crippen LogP contribution in [0.5, 0.6) is 0 Å². The number of carbonyl (C=O) groups excluding carboxylic acids is 2. The summed E-state index contributed by atoms with van der Waals surface area (Å²) in [7, 11) is 2.55. The molecule has 0 N–H and O–H groups in total. The summed E-state index contributed by atoms with van der Waals surface area (Å²) < 4.78 is 8.81. The number of ether oxygens (including phenoxy) is 2. The summed E-state index contributed by atoms with van der Waals surface area (Å²) in [6, 6.07) is 2.77. The van der Waals surface area contributed by atoms with Crippen LogP contribution in [0.4, 0.5) is 0 Å². The van der Waals surface area contributed by atoms with Crippen molar-refractivity contribution in [3.63, 3.8) is 0 Å². The third-order valence-electron chi connectivity index (χ3n) is 2.04. The molecule has 0 radical (unpaired) electrons. The molecule has 8 nitrogen and oxygen atoms in total. The second-order valence-corrected chi connectivity index (χ2v) is 4.15. The van der Waals surface area contributed by atoms with Crippen molar-refractivity contribution in [1.82, 2.24) is 19.9 Å². The summed E-state index contributed by atoms with van der Waals surface area (Å²) in [6.07, 6.45) is 2.78. The maximum absolute atomic E-state index is 10.9. The lowest BCUT2D eigenvalue weighted by Crippen LogP contribution is -2.04. The standard InChI is InChI=1S/C6H4Cl2N2O2.C6H6N2O2/c1-12-5(11)3-2-4(7)10-6(8)9-3;1-10-6(9)5-2-3-7-4-8-5/h2H,1H3;2-4H,1H3. The molecule has 0 saturated heterocycles. The van der Waals surface area contributed by atoms with Gasteiger partial charge in [0.1, 0.15) is 11.5 Å². The largest absolute Gasteiger partial charge is 0.464 e. The Morgan fingerprint density at radius 2 is 1.68 bits per heavy atom. The number of methoxy groups -OCH3 is 2. The Bertz CT molecular complexity index is 635. The third kappa shape index (κ3) is 5.58. The molecule has 10 heteroatoms. The number of esters is 2.